The molecule has 0 aliphatic rings. The van der Waals surface area contributed by atoms with E-state index in [2.05, 4.69) is 15.8 Å². The van der Waals surface area contributed by atoms with Gasteiger partial charge in [0.25, 0.3) is 5.91 Å². The van der Waals surface area contributed by atoms with Crippen LogP contribution in [0.25, 0.3) is 11.3 Å². The number of aromatic nitrogens is 1. The van der Waals surface area contributed by atoms with E-state index in [1.54, 1.807) is 49.4 Å². The molecule has 1 heterocycles. The maximum atomic E-state index is 12.3. The van der Waals surface area contributed by atoms with Crippen LogP contribution in [0.5, 0.6) is 0 Å². The molecule has 2 amide bonds. The highest BCUT2D eigenvalue weighted by Gasteiger charge is 2.14. The lowest BCUT2D eigenvalue weighted by atomic mass is 10.1. The van der Waals surface area contributed by atoms with Gasteiger partial charge < -0.3 is 14.6 Å². The number of hydrogen-bond acceptors (Lipinski definition) is 5. The van der Waals surface area contributed by atoms with Gasteiger partial charge in [-0.1, -0.05) is 28.9 Å². The number of carbonyl (C=O) groups excluding carboxylic acids is 2. The first-order valence-electron chi connectivity index (χ1n) is 8.13. The summed E-state index contributed by atoms with van der Waals surface area (Å²) < 4.78 is 10.0. The Labute approximate surface area is 160 Å². The Kier molecular flexibility index (Phi) is 5.73. The maximum absolute atomic E-state index is 12.3. The van der Waals surface area contributed by atoms with Crippen LogP contribution in [0.2, 0.25) is 5.02 Å². The van der Waals surface area contributed by atoms with Gasteiger partial charge in [0.2, 0.25) is 0 Å². The number of amides is 2. The van der Waals surface area contributed by atoms with Gasteiger partial charge in [-0.25, -0.2) is 4.79 Å². The smallest absolute Gasteiger partial charge is 0.411 e. The molecule has 3 rings (SSSR count). The zero-order chi connectivity index (χ0) is 19.2. The molecule has 1 aromatic heterocycles. The summed E-state index contributed by atoms with van der Waals surface area (Å²) in [4.78, 5) is 23.7. The number of rotatable bonds is 5. The maximum Gasteiger partial charge on any atom is 0.411 e. The molecule has 7 nitrogen and oxygen atoms in total. The lowest BCUT2D eigenvalue weighted by molar-refractivity contribution is 0.101. The van der Waals surface area contributed by atoms with Crippen molar-refractivity contribution in [3.05, 3.63) is 65.3 Å². The van der Waals surface area contributed by atoms with Gasteiger partial charge in [-0.2, -0.15) is 0 Å². The summed E-state index contributed by atoms with van der Waals surface area (Å²) >= 11 is 5.96. The van der Waals surface area contributed by atoms with Gasteiger partial charge in [-0.15, -0.1) is 0 Å². The highest BCUT2D eigenvalue weighted by atomic mass is 35.5. The molecule has 0 unspecified atom stereocenters. The minimum atomic E-state index is -0.537. The van der Waals surface area contributed by atoms with Crippen molar-refractivity contribution < 1.29 is 18.8 Å². The van der Waals surface area contributed by atoms with Crippen LogP contribution >= 0.6 is 11.6 Å². The van der Waals surface area contributed by atoms with Crippen molar-refractivity contribution in [2.45, 2.75) is 6.92 Å². The normalized spacial score (nSPS) is 10.3. The van der Waals surface area contributed by atoms with Gasteiger partial charge in [0.15, 0.2) is 11.5 Å². The number of nitrogens with zero attached hydrogens (tertiary/aromatic N) is 1. The van der Waals surface area contributed by atoms with E-state index in [1.807, 2.05) is 6.07 Å². The highest BCUT2D eigenvalue weighted by molar-refractivity contribution is 6.30. The van der Waals surface area contributed by atoms with Crippen molar-refractivity contribution in [2.75, 3.05) is 17.2 Å². The molecule has 0 saturated heterocycles. The monoisotopic (exact) mass is 385 g/mol. The minimum Gasteiger partial charge on any atom is -0.450 e. The zero-order valence-corrected chi connectivity index (χ0v) is 15.1. The van der Waals surface area contributed by atoms with Crippen LogP contribution in [0.1, 0.15) is 17.4 Å². The minimum absolute atomic E-state index is 0.138. The van der Waals surface area contributed by atoms with Crippen molar-refractivity contribution in [2.24, 2.45) is 0 Å². The molecule has 2 N–H and O–H groups in total. The van der Waals surface area contributed by atoms with E-state index in [0.29, 0.717) is 22.2 Å². The average Bonchev–Trinajstić information content (AvgIpc) is 3.14. The van der Waals surface area contributed by atoms with Gasteiger partial charge in [0.1, 0.15) is 0 Å². The summed E-state index contributed by atoms with van der Waals surface area (Å²) in [6.07, 6.45) is -0.537. The van der Waals surface area contributed by atoms with E-state index in [0.717, 1.165) is 5.56 Å². The van der Waals surface area contributed by atoms with Crippen molar-refractivity contribution in [1.82, 2.24) is 5.16 Å². The standard InChI is InChI=1S/C19H16ClN3O4/c1-2-26-19(25)22-15-8-6-14(7-9-15)21-18(24)16-11-17(27-23-16)12-4-3-5-13(20)10-12/h3-11H,2H2,1H3,(H,21,24)(H,22,25). The first-order chi connectivity index (χ1) is 13.0. The van der Waals surface area contributed by atoms with Crippen molar-refractivity contribution in [3.63, 3.8) is 0 Å². The molecule has 27 heavy (non-hydrogen) atoms. The van der Waals surface area contributed by atoms with Crippen LogP contribution in [-0.2, 0) is 4.74 Å². The first kappa shape index (κ1) is 18.5. The molecule has 0 aliphatic heterocycles. The molecular formula is C19H16ClN3O4. The van der Waals surface area contributed by atoms with E-state index in [1.165, 1.54) is 6.07 Å². The molecule has 0 bridgehead atoms. The van der Waals surface area contributed by atoms with Crippen molar-refractivity contribution in [1.29, 1.82) is 0 Å². The lowest BCUT2D eigenvalue weighted by Gasteiger charge is -2.07. The van der Waals surface area contributed by atoms with Crippen LogP contribution in [0.4, 0.5) is 16.2 Å². The molecule has 0 saturated carbocycles. The molecule has 2 aromatic carbocycles. The molecule has 0 aliphatic carbocycles. The van der Waals surface area contributed by atoms with Crippen LogP contribution in [0, 0.1) is 0 Å². The zero-order valence-electron chi connectivity index (χ0n) is 14.4. The summed E-state index contributed by atoms with van der Waals surface area (Å²) in [5.41, 5.74) is 1.96. The second-order valence-electron chi connectivity index (χ2n) is 5.46. The third-order valence-corrected chi connectivity index (χ3v) is 3.75. The van der Waals surface area contributed by atoms with Gasteiger partial charge in [0.05, 0.1) is 6.61 Å². The third kappa shape index (κ3) is 4.86. The summed E-state index contributed by atoms with van der Waals surface area (Å²) in [5.74, 6) is 0.0229. The summed E-state index contributed by atoms with van der Waals surface area (Å²) in [5, 5.41) is 9.63. The lowest BCUT2D eigenvalue weighted by Crippen LogP contribution is -2.14. The Morgan fingerprint density at radius 1 is 1.07 bits per heavy atom. The first-order valence-corrected chi connectivity index (χ1v) is 8.51. The van der Waals surface area contributed by atoms with Gasteiger partial charge in [0, 0.05) is 28.0 Å². The van der Waals surface area contributed by atoms with Gasteiger partial charge in [-0.3, -0.25) is 10.1 Å². The largest absolute Gasteiger partial charge is 0.450 e. The van der Waals surface area contributed by atoms with E-state index < -0.39 is 12.0 Å². The van der Waals surface area contributed by atoms with Crippen molar-refractivity contribution >= 4 is 35.0 Å². The quantitative estimate of drug-likeness (QED) is 0.657. The van der Waals surface area contributed by atoms with Crippen LogP contribution in [0.3, 0.4) is 0 Å². The third-order valence-electron chi connectivity index (χ3n) is 3.52. The van der Waals surface area contributed by atoms with Crippen LogP contribution in [-0.4, -0.2) is 23.8 Å². The molecular weight excluding hydrogens is 370 g/mol. The molecule has 0 radical (unpaired) electrons. The molecule has 0 atom stereocenters. The Morgan fingerprint density at radius 2 is 1.78 bits per heavy atom. The number of carbonyl (C=O) groups is 2. The van der Waals surface area contributed by atoms with Gasteiger partial charge >= 0.3 is 6.09 Å². The van der Waals surface area contributed by atoms with Crippen LogP contribution in [0.15, 0.2) is 59.1 Å². The fourth-order valence-corrected chi connectivity index (χ4v) is 2.47. The Bertz CT molecular complexity index is 954. The molecule has 3 aromatic rings. The number of hydrogen-bond donors (Lipinski definition) is 2. The highest BCUT2D eigenvalue weighted by Crippen LogP contribution is 2.24. The predicted molar refractivity (Wildman–Crippen MR) is 102 cm³/mol. The number of ether oxygens (including phenoxy) is 1. The van der Waals surface area contributed by atoms with E-state index in [9.17, 15) is 9.59 Å². The number of benzene rings is 2. The van der Waals surface area contributed by atoms with Crippen molar-refractivity contribution in [3.8, 4) is 11.3 Å². The van der Waals surface area contributed by atoms with E-state index in [-0.39, 0.29) is 12.3 Å². The average molecular weight is 386 g/mol. The summed E-state index contributed by atoms with van der Waals surface area (Å²) in [6, 6.07) is 15.2. The predicted octanol–water partition coefficient (Wildman–Crippen LogP) is 4.82. The topological polar surface area (TPSA) is 93.5 Å². The van der Waals surface area contributed by atoms with Gasteiger partial charge in [-0.05, 0) is 43.3 Å². The Hall–Kier alpha value is -3.32. The summed E-state index contributed by atoms with van der Waals surface area (Å²) in [6.45, 7) is 2.01. The summed E-state index contributed by atoms with van der Waals surface area (Å²) in [7, 11) is 0. The van der Waals surface area contributed by atoms with Crippen LogP contribution < -0.4 is 10.6 Å². The Morgan fingerprint density at radius 3 is 2.44 bits per heavy atom. The second-order valence-corrected chi connectivity index (χ2v) is 5.90. The molecule has 8 heteroatoms. The van der Waals surface area contributed by atoms with E-state index >= 15 is 0 Å². The second kappa shape index (κ2) is 8.37. The number of nitrogens with one attached hydrogen (secondary N) is 2. The SMILES string of the molecule is CCOC(=O)Nc1ccc(NC(=O)c2cc(-c3cccc(Cl)c3)on2)cc1. The Balaban J connectivity index is 1.65. The number of anilines is 2. The molecule has 138 valence electrons. The molecule has 0 fully saturated rings. The molecule has 0 spiro atoms. The number of halogens is 1. The fraction of sp³-hybridized carbons (Fsp3) is 0.105. The fourth-order valence-electron chi connectivity index (χ4n) is 2.28. The van der Waals surface area contributed by atoms with E-state index in [4.69, 9.17) is 20.9 Å².